The number of ether oxygens (including phenoxy) is 3. The molecule has 0 bridgehead atoms. The third-order valence-corrected chi connectivity index (χ3v) is 7.19. The number of phenolic OH excluding ortho intramolecular Hbond substituents is 1. The summed E-state index contributed by atoms with van der Waals surface area (Å²) in [7, 11) is 0. The summed E-state index contributed by atoms with van der Waals surface area (Å²) in [6.07, 6.45) is 4.63. The molecule has 8 nitrogen and oxygen atoms in total. The van der Waals surface area contributed by atoms with Gasteiger partial charge in [0.15, 0.2) is 17.3 Å². The Morgan fingerprint density at radius 3 is 2.21 bits per heavy atom. The molecular weight excluding hydrogens is 622 g/mol. The predicted molar refractivity (Wildman–Crippen MR) is 150 cm³/mol. The van der Waals surface area contributed by atoms with Crippen LogP contribution in [-0.2, 0) is 14.3 Å². The molecule has 0 radical (unpaired) electrons. The largest absolute Gasteiger partial charge is 0.507 e. The van der Waals surface area contributed by atoms with Crippen LogP contribution in [0.2, 0.25) is 0 Å². The van der Waals surface area contributed by atoms with Gasteiger partial charge in [-0.2, -0.15) is 0 Å². The number of Topliss-reactive ketones (excluding diaryl/α,β-unsaturated/α-hetero) is 3. The number of phenols is 1. The molecular formula is C28H33Br2NO7. The number of hydrogen-bond acceptors (Lipinski definition) is 8. The van der Waals surface area contributed by atoms with Crippen molar-refractivity contribution in [3.63, 3.8) is 0 Å². The summed E-state index contributed by atoms with van der Waals surface area (Å²) in [5, 5.41) is 12.4. The minimum Gasteiger partial charge on any atom is -0.507 e. The second-order valence-electron chi connectivity index (χ2n) is 9.34. The lowest BCUT2D eigenvalue weighted by molar-refractivity contribution is -0.117. The van der Waals surface area contributed by atoms with Crippen LogP contribution in [0, 0.1) is 0 Å². The lowest BCUT2D eigenvalue weighted by atomic mass is 9.89. The average Bonchev–Trinajstić information content (AvgIpc) is 3.68. The van der Waals surface area contributed by atoms with E-state index in [2.05, 4.69) is 37.2 Å². The highest BCUT2D eigenvalue weighted by Gasteiger charge is 2.43. The van der Waals surface area contributed by atoms with Gasteiger partial charge in [0.05, 0.1) is 37.4 Å². The molecule has 4 heterocycles. The number of halogens is 2. The van der Waals surface area contributed by atoms with Gasteiger partial charge in [0.2, 0.25) is 0 Å². The number of benzene rings is 2. The Bertz CT molecular complexity index is 1110. The topological polar surface area (TPSA) is 111 Å². The van der Waals surface area contributed by atoms with Crippen molar-refractivity contribution < 1.29 is 33.7 Å². The van der Waals surface area contributed by atoms with Crippen LogP contribution in [0.4, 0.5) is 0 Å². The summed E-state index contributed by atoms with van der Waals surface area (Å²) in [6.45, 7) is 6.10. The third-order valence-electron chi connectivity index (χ3n) is 6.20. The lowest BCUT2D eigenvalue weighted by Crippen LogP contribution is -2.42. The van der Waals surface area contributed by atoms with Crippen LogP contribution in [0.25, 0.3) is 0 Å². The van der Waals surface area contributed by atoms with Gasteiger partial charge in [-0.25, -0.2) is 0 Å². The summed E-state index contributed by atoms with van der Waals surface area (Å²) in [5.74, 6) is 0.956. The molecule has 6 rings (SSSR count). The molecule has 3 saturated heterocycles. The maximum absolute atomic E-state index is 12.0. The normalized spacial score (nSPS) is 21.2. The fourth-order valence-electron chi connectivity index (χ4n) is 4.13. The zero-order valence-electron chi connectivity index (χ0n) is 21.4. The second-order valence-corrected chi connectivity index (χ2v) is 11.2. The number of rotatable bonds is 1. The lowest BCUT2D eigenvalue weighted by Gasteiger charge is -2.33. The Kier molecular flexibility index (Phi) is 11.9. The van der Waals surface area contributed by atoms with E-state index in [-0.39, 0.29) is 23.1 Å². The molecule has 0 aliphatic carbocycles. The number of hydrogen-bond donors (Lipinski definition) is 2. The van der Waals surface area contributed by atoms with Crippen molar-refractivity contribution in [2.45, 2.75) is 44.6 Å². The summed E-state index contributed by atoms with van der Waals surface area (Å²) < 4.78 is 17.7. The van der Waals surface area contributed by atoms with Crippen molar-refractivity contribution in [2.75, 3.05) is 39.5 Å². The van der Waals surface area contributed by atoms with Crippen molar-refractivity contribution in [1.82, 2.24) is 5.32 Å². The van der Waals surface area contributed by atoms with E-state index in [4.69, 9.17) is 19.3 Å². The second kappa shape index (κ2) is 14.9. The minimum absolute atomic E-state index is 0.0284. The first-order valence-electron chi connectivity index (χ1n) is 12.6. The van der Waals surface area contributed by atoms with Crippen molar-refractivity contribution in [2.24, 2.45) is 0 Å². The Morgan fingerprint density at radius 1 is 1.00 bits per heavy atom. The molecule has 4 aliphatic heterocycles. The average molecular weight is 655 g/mol. The molecule has 0 saturated carbocycles. The molecule has 1 spiro atoms. The number of fused-ring (bicyclic) bond motifs is 1. The maximum Gasteiger partial charge on any atom is 0.170 e. The number of aromatic hydroxyl groups is 1. The van der Waals surface area contributed by atoms with Crippen LogP contribution >= 0.6 is 31.9 Å². The molecule has 3 fully saturated rings. The van der Waals surface area contributed by atoms with E-state index in [1.54, 1.807) is 12.1 Å². The van der Waals surface area contributed by atoms with Crippen molar-refractivity contribution in [3.05, 3.63) is 56.5 Å². The van der Waals surface area contributed by atoms with Gasteiger partial charge >= 0.3 is 0 Å². The van der Waals surface area contributed by atoms with Crippen LogP contribution in [-0.4, -0.2) is 67.6 Å². The number of carbonyl (C=O) groups excluding carboxylic acids is 3. The standard InChI is InChI=1S/C12H11BrO3.C8H7BrO2.C4H9N.C4H6O2/c13-8-1-2-11-9(5-8)10(14)6-12(16-11)3-4-15-7-12;1-5(10)7-4-6(9)2-3-8(7)11;1-2-4-5-3-1;5-4-1-2-6-3-4/h1-2,5H,3-4,6-7H2;2-4,11H,1H3;5H,1-4H2;1-3H2. The summed E-state index contributed by atoms with van der Waals surface area (Å²) in [5.41, 5.74) is 0.615. The minimum atomic E-state index is -0.405. The molecule has 0 amide bonds. The Morgan fingerprint density at radius 2 is 1.71 bits per heavy atom. The monoisotopic (exact) mass is 653 g/mol. The number of ketones is 3. The Balaban J connectivity index is 0.000000156. The molecule has 206 valence electrons. The molecule has 0 aromatic heterocycles. The molecule has 1 unspecified atom stereocenters. The Labute approximate surface area is 239 Å². The molecule has 2 aromatic carbocycles. The highest BCUT2D eigenvalue weighted by atomic mass is 79.9. The van der Waals surface area contributed by atoms with E-state index in [0.29, 0.717) is 56.1 Å². The predicted octanol–water partition coefficient (Wildman–Crippen LogP) is 5.28. The summed E-state index contributed by atoms with van der Waals surface area (Å²) in [6, 6.07) is 10.3. The van der Waals surface area contributed by atoms with E-state index in [1.807, 2.05) is 18.2 Å². The van der Waals surface area contributed by atoms with E-state index in [9.17, 15) is 14.4 Å². The van der Waals surface area contributed by atoms with Gasteiger partial charge in [-0.15, -0.1) is 0 Å². The number of nitrogens with one attached hydrogen (secondary N) is 1. The van der Waals surface area contributed by atoms with Gasteiger partial charge in [0.25, 0.3) is 0 Å². The molecule has 10 heteroatoms. The van der Waals surface area contributed by atoms with E-state index < -0.39 is 5.60 Å². The van der Waals surface area contributed by atoms with Gasteiger partial charge < -0.3 is 24.6 Å². The zero-order chi connectivity index (χ0) is 27.5. The van der Waals surface area contributed by atoms with Crippen molar-refractivity contribution >= 4 is 49.2 Å². The van der Waals surface area contributed by atoms with E-state index in [1.165, 1.54) is 38.9 Å². The fourth-order valence-corrected chi connectivity index (χ4v) is 4.86. The smallest absolute Gasteiger partial charge is 0.170 e. The van der Waals surface area contributed by atoms with Crippen LogP contribution < -0.4 is 10.1 Å². The number of carbonyl (C=O) groups is 3. The summed E-state index contributed by atoms with van der Waals surface area (Å²) in [4.78, 5) is 33.0. The molecule has 1 atom stereocenters. The highest BCUT2D eigenvalue weighted by Crippen LogP contribution is 2.38. The Hall–Kier alpha value is -2.11. The molecule has 38 heavy (non-hydrogen) atoms. The van der Waals surface area contributed by atoms with Gasteiger partial charge in [0, 0.05) is 21.8 Å². The quantitative estimate of drug-likeness (QED) is 0.400. The fraction of sp³-hybridized carbons (Fsp3) is 0.464. The van der Waals surface area contributed by atoms with Crippen molar-refractivity contribution in [3.8, 4) is 11.5 Å². The van der Waals surface area contributed by atoms with Gasteiger partial charge in [-0.3, -0.25) is 14.4 Å². The van der Waals surface area contributed by atoms with Crippen LogP contribution in [0.5, 0.6) is 11.5 Å². The third kappa shape index (κ3) is 9.27. The van der Waals surface area contributed by atoms with Gasteiger partial charge in [-0.05, 0) is 69.3 Å². The van der Waals surface area contributed by atoms with Crippen LogP contribution in [0.15, 0.2) is 45.3 Å². The first kappa shape index (κ1) is 30.4. The SMILES string of the molecule is C1CCNC1.CC(=O)c1cc(Br)ccc1O.O=C1CC2(CCOC2)Oc2ccc(Br)cc21.O=C1CCOC1. The van der Waals surface area contributed by atoms with E-state index >= 15 is 0 Å². The van der Waals surface area contributed by atoms with Gasteiger partial charge in [0.1, 0.15) is 23.7 Å². The van der Waals surface area contributed by atoms with E-state index in [0.717, 1.165) is 15.4 Å². The van der Waals surface area contributed by atoms with Crippen LogP contribution in [0.3, 0.4) is 0 Å². The highest BCUT2D eigenvalue weighted by molar-refractivity contribution is 9.10. The first-order valence-corrected chi connectivity index (χ1v) is 14.2. The molecule has 2 aromatic rings. The van der Waals surface area contributed by atoms with Gasteiger partial charge in [-0.1, -0.05) is 31.9 Å². The molecule has 2 N–H and O–H groups in total. The first-order chi connectivity index (χ1) is 18.2. The molecule has 4 aliphatic rings. The van der Waals surface area contributed by atoms with Crippen LogP contribution in [0.1, 0.15) is 59.7 Å². The zero-order valence-corrected chi connectivity index (χ0v) is 24.6. The maximum atomic E-state index is 12.0. The van der Waals surface area contributed by atoms with Crippen molar-refractivity contribution in [1.29, 1.82) is 0 Å². The summed E-state index contributed by atoms with van der Waals surface area (Å²) >= 11 is 6.56.